The summed E-state index contributed by atoms with van der Waals surface area (Å²) in [7, 11) is 1.51. The van der Waals surface area contributed by atoms with Crippen LogP contribution >= 0.6 is 11.6 Å². The fourth-order valence-corrected chi connectivity index (χ4v) is 4.10. The first-order chi connectivity index (χ1) is 12.5. The molecular formula is C18H19ClN2O5. The molecule has 8 heteroatoms. The molecule has 2 heterocycles. The zero-order valence-electron chi connectivity index (χ0n) is 14.4. The minimum atomic E-state index is -0.343. The van der Waals surface area contributed by atoms with E-state index >= 15 is 0 Å². The lowest BCUT2D eigenvalue weighted by Crippen LogP contribution is -2.70. The Morgan fingerprint density at radius 2 is 2.04 bits per heavy atom. The molecule has 0 radical (unpaired) electrons. The summed E-state index contributed by atoms with van der Waals surface area (Å²) in [4.78, 5) is 24.1. The van der Waals surface area contributed by atoms with Crippen LogP contribution in [0.3, 0.4) is 0 Å². The second-order valence-electron chi connectivity index (χ2n) is 6.65. The van der Waals surface area contributed by atoms with Gasteiger partial charge in [-0.1, -0.05) is 11.6 Å². The van der Waals surface area contributed by atoms with E-state index in [-0.39, 0.29) is 41.7 Å². The van der Waals surface area contributed by atoms with Gasteiger partial charge in [-0.15, -0.1) is 0 Å². The molecule has 0 spiro atoms. The molecule has 2 amide bonds. The van der Waals surface area contributed by atoms with Crippen molar-refractivity contribution in [3.63, 3.8) is 0 Å². The van der Waals surface area contributed by atoms with Crippen LogP contribution in [0, 0.1) is 5.92 Å². The van der Waals surface area contributed by atoms with Gasteiger partial charge in [0.25, 0.3) is 5.91 Å². The van der Waals surface area contributed by atoms with Crippen LogP contribution in [-0.4, -0.2) is 43.7 Å². The number of hydrogen-bond donors (Lipinski definition) is 2. The van der Waals surface area contributed by atoms with Crippen molar-refractivity contribution in [2.24, 2.45) is 5.92 Å². The standard InChI is InChI=1S/C18H19ClN2O5/c1-8(22)20-15-14(11-3-4-25-17(11)15)21-18(23)13-6-9-5-10(19)7-12(24-2)16(9)26-13/h5-7,11,14-15,17H,3-4H2,1-2H3,(H,20,22)(H,21,23)/t11-,14+,15-,17-/m1/s1. The number of halogens is 1. The molecule has 0 bridgehead atoms. The number of carbonyl (C=O) groups excluding carboxylic acids is 2. The maximum atomic E-state index is 12.7. The molecular weight excluding hydrogens is 360 g/mol. The predicted molar refractivity (Wildman–Crippen MR) is 94.5 cm³/mol. The van der Waals surface area contributed by atoms with Crippen LogP contribution in [0.5, 0.6) is 5.75 Å². The zero-order chi connectivity index (χ0) is 18.4. The van der Waals surface area contributed by atoms with Crippen LogP contribution in [0.2, 0.25) is 5.02 Å². The Kier molecular flexibility index (Phi) is 4.28. The van der Waals surface area contributed by atoms with E-state index in [1.54, 1.807) is 18.2 Å². The van der Waals surface area contributed by atoms with Gasteiger partial charge < -0.3 is 24.5 Å². The van der Waals surface area contributed by atoms with Crippen molar-refractivity contribution in [1.29, 1.82) is 0 Å². The van der Waals surface area contributed by atoms with Crippen molar-refractivity contribution in [1.82, 2.24) is 10.6 Å². The molecule has 2 aliphatic rings. The SMILES string of the molecule is COc1cc(Cl)cc2cc(C(=O)N[C@H]3[C@H]4CCO[C@H]4[C@@H]3NC(C)=O)oc12. The lowest BCUT2D eigenvalue weighted by Gasteiger charge is -2.47. The van der Waals surface area contributed by atoms with Gasteiger partial charge in [0.05, 0.1) is 25.3 Å². The maximum Gasteiger partial charge on any atom is 0.287 e. The number of carbonyl (C=O) groups is 2. The second kappa shape index (κ2) is 6.48. The Morgan fingerprint density at radius 1 is 1.23 bits per heavy atom. The van der Waals surface area contributed by atoms with Gasteiger partial charge in [0.2, 0.25) is 5.91 Å². The number of fused-ring (bicyclic) bond motifs is 2. The predicted octanol–water partition coefficient (Wildman–Crippen LogP) is 2.12. The third-order valence-electron chi connectivity index (χ3n) is 5.04. The highest BCUT2D eigenvalue weighted by molar-refractivity contribution is 6.31. The molecule has 2 fully saturated rings. The molecule has 1 aromatic heterocycles. The van der Waals surface area contributed by atoms with Crippen molar-refractivity contribution in [2.45, 2.75) is 31.5 Å². The normalized spacial score (nSPS) is 26.9. The number of benzene rings is 1. The number of furan rings is 1. The van der Waals surface area contributed by atoms with Crippen molar-refractivity contribution in [2.75, 3.05) is 13.7 Å². The second-order valence-corrected chi connectivity index (χ2v) is 7.09. The van der Waals surface area contributed by atoms with E-state index in [0.717, 1.165) is 6.42 Å². The van der Waals surface area contributed by atoms with Crippen molar-refractivity contribution < 1.29 is 23.5 Å². The van der Waals surface area contributed by atoms with Crippen molar-refractivity contribution >= 4 is 34.4 Å². The van der Waals surface area contributed by atoms with Gasteiger partial charge >= 0.3 is 0 Å². The lowest BCUT2D eigenvalue weighted by molar-refractivity contribution is -0.124. The highest BCUT2D eigenvalue weighted by Gasteiger charge is 2.55. The summed E-state index contributed by atoms with van der Waals surface area (Å²) in [5.74, 6) is 0.348. The van der Waals surface area contributed by atoms with Gasteiger partial charge in [0, 0.05) is 35.9 Å². The quantitative estimate of drug-likeness (QED) is 0.850. The summed E-state index contributed by atoms with van der Waals surface area (Å²) >= 11 is 6.06. The summed E-state index contributed by atoms with van der Waals surface area (Å²) in [6.07, 6.45) is 0.814. The summed E-state index contributed by atoms with van der Waals surface area (Å²) in [6, 6.07) is 4.57. The van der Waals surface area contributed by atoms with E-state index < -0.39 is 0 Å². The molecule has 1 aromatic carbocycles. The van der Waals surface area contributed by atoms with Gasteiger partial charge in [-0.2, -0.15) is 0 Å². The Balaban J connectivity index is 1.56. The zero-order valence-corrected chi connectivity index (χ0v) is 15.1. The third-order valence-corrected chi connectivity index (χ3v) is 5.26. The molecule has 1 saturated heterocycles. The van der Waals surface area contributed by atoms with Crippen LogP contribution in [0.4, 0.5) is 0 Å². The molecule has 1 aliphatic carbocycles. The van der Waals surface area contributed by atoms with Crippen molar-refractivity contribution in [3.05, 3.63) is 29.0 Å². The van der Waals surface area contributed by atoms with E-state index in [1.165, 1.54) is 14.0 Å². The van der Waals surface area contributed by atoms with Crippen LogP contribution in [0.1, 0.15) is 23.9 Å². The van der Waals surface area contributed by atoms with Gasteiger partial charge in [0.1, 0.15) is 0 Å². The van der Waals surface area contributed by atoms with Gasteiger partial charge in [-0.3, -0.25) is 9.59 Å². The number of ether oxygens (including phenoxy) is 2. The maximum absolute atomic E-state index is 12.7. The molecule has 26 heavy (non-hydrogen) atoms. The summed E-state index contributed by atoms with van der Waals surface area (Å²) < 4.78 is 16.6. The Labute approximate surface area is 154 Å². The van der Waals surface area contributed by atoms with Crippen LogP contribution in [0.25, 0.3) is 11.0 Å². The minimum absolute atomic E-state index is 0.0428. The van der Waals surface area contributed by atoms with E-state index in [0.29, 0.717) is 28.3 Å². The molecule has 0 unspecified atom stereocenters. The smallest absolute Gasteiger partial charge is 0.287 e. The summed E-state index contributed by atoms with van der Waals surface area (Å²) in [5.41, 5.74) is 0.469. The first-order valence-electron chi connectivity index (χ1n) is 8.44. The minimum Gasteiger partial charge on any atom is -0.493 e. The molecule has 1 saturated carbocycles. The number of amides is 2. The van der Waals surface area contributed by atoms with E-state index in [2.05, 4.69) is 10.6 Å². The highest BCUT2D eigenvalue weighted by Crippen LogP contribution is 2.39. The number of hydrogen-bond acceptors (Lipinski definition) is 5. The number of nitrogens with one attached hydrogen (secondary N) is 2. The fraction of sp³-hybridized carbons (Fsp3) is 0.444. The largest absolute Gasteiger partial charge is 0.493 e. The van der Waals surface area contributed by atoms with Crippen LogP contribution in [-0.2, 0) is 9.53 Å². The van der Waals surface area contributed by atoms with Gasteiger partial charge in [0.15, 0.2) is 17.1 Å². The Bertz CT molecular complexity index is 880. The molecule has 4 rings (SSSR count). The summed E-state index contributed by atoms with van der Waals surface area (Å²) in [6.45, 7) is 2.09. The number of rotatable bonds is 4. The van der Waals surface area contributed by atoms with Gasteiger partial charge in [-0.25, -0.2) is 0 Å². The molecule has 2 aromatic rings. The first kappa shape index (κ1) is 17.2. The number of methoxy groups -OCH3 is 1. The van der Waals surface area contributed by atoms with Crippen molar-refractivity contribution in [3.8, 4) is 5.75 Å². The molecule has 4 atom stereocenters. The van der Waals surface area contributed by atoms with Crippen LogP contribution < -0.4 is 15.4 Å². The van der Waals surface area contributed by atoms with Crippen LogP contribution in [0.15, 0.2) is 22.6 Å². The van der Waals surface area contributed by atoms with E-state index in [4.69, 9.17) is 25.5 Å². The lowest BCUT2D eigenvalue weighted by atomic mass is 9.71. The summed E-state index contributed by atoms with van der Waals surface area (Å²) in [5, 5.41) is 7.02. The Hall–Kier alpha value is -2.25. The molecule has 2 N–H and O–H groups in total. The molecule has 1 aliphatic heterocycles. The van der Waals surface area contributed by atoms with E-state index in [1.807, 2.05) is 0 Å². The monoisotopic (exact) mass is 378 g/mol. The van der Waals surface area contributed by atoms with E-state index in [9.17, 15) is 9.59 Å². The average Bonchev–Trinajstić information content (AvgIpc) is 3.21. The van der Waals surface area contributed by atoms with Gasteiger partial charge in [-0.05, 0) is 18.6 Å². The highest BCUT2D eigenvalue weighted by atomic mass is 35.5. The average molecular weight is 379 g/mol. The first-order valence-corrected chi connectivity index (χ1v) is 8.82. The topological polar surface area (TPSA) is 89.8 Å². The Morgan fingerprint density at radius 3 is 2.77 bits per heavy atom. The third kappa shape index (κ3) is 2.81. The fourth-order valence-electron chi connectivity index (χ4n) is 3.88. The molecule has 7 nitrogen and oxygen atoms in total. The molecule has 138 valence electrons.